The Balaban J connectivity index is 2.10. The van der Waals surface area contributed by atoms with E-state index in [2.05, 4.69) is 24.4 Å². The number of benzene rings is 2. The molecule has 1 aliphatic heterocycles. The van der Waals surface area contributed by atoms with Crippen LogP contribution in [0.5, 0.6) is 11.5 Å². The van der Waals surface area contributed by atoms with Gasteiger partial charge < -0.3 is 14.8 Å². The van der Waals surface area contributed by atoms with Gasteiger partial charge in [-0.15, -0.1) is 0 Å². The second-order valence-electron chi connectivity index (χ2n) is 4.35. The van der Waals surface area contributed by atoms with Gasteiger partial charge in [-0.2, -0.15) is 0 Å². The number of hydrogen-bond acceptors (Lipinski definition) is 3. The van der Waals surface area contributed by atoms with Crippen molar-refractivity contribution in [3.05, 3.63) is 42.0 Å². The Morgan fingerprint density at radius 2 is 1.83 bits per heavy atom. The first-order valence-corrected chi connectivity index (χ1v) is 5.96. The van der Waals surface area contributed by atoms with Crippen molar-refractivity contribution in [3.8, 4) is 22.6 Å². The first kappa shape index (κ1) is 11.0. The summed E-state index contributed by atoms with van der Waals surface area (Å²) >= 11 is 0. The Labute approximate surface area is 106 Å². The van der Waals surface area contributed by atoms with Gasteiger partial charge in [0.2, 0.25) is 6.79 Å². The molecule has 0 fully saturated rings. The molecule has 0 radical (unpaired) electrons. The number of ether oxygens (including phenoxy) is 2. The summed E-state index contributed by atoms with van der Waals surface area (Å²) in [7, 11) is 1.92. The van der Waals surface area contributed by atoms with E-state index in [0.717, 1.165) is 17.2 Å². The quantitative estimate of drug-likeness (QED) is 0.873. The fourth-order valence-electron chi connectivity index (χ4n) is 2.20. The van der Waals surface area contributed by atoms with Crippen molar-refractivity contribution >= 4 is 5.69 Å². The zero-order valence-electron chi connectivity index (χ0n) is 10.5. The van der Waals surface area contributed by atoms with Crippen molar-refractivity contribution in [2.24, 2.45) is 0 Å². The average molecular weight is 241 g/mol. The Kier molecular flexibility index (Phi) is 2.59. The third-order valence-corrected chi connectivity index (χ3v) is 3.18. The van der Waals surface area contributed by atoms with Gasteiger partial charge in [-0.1, -0.05) is 12.1 Å². The molecule has 1 N–H and O–H groups in total. The van der Waals surface area contributed by atoms with Crippen molar-refractivity contribution in [3.63, 3.8) is 0 Å². The number of fused-ring (bicyclic) bond motifs is 1. The monoisotopic (exact) mass is 241 g/mol. The van der Waals surface area contributed by atoms with E-state index in [-0.39, 0.29) is 0 Å². The van der Waals surface area contributed by atoms with Gasteiger partial charge in [-0.05, 0) is 47.9 Å². The molecule has 0 spiro atoms. The highest BCUT2D eigenvalue weighted by Gasteiger charge is 2.16. The van der Waals surface area contributed by atoms with Gasteiger partial charge >= 0.3 is 0 Å². The highest BCUT2D eigenvalue weighted by Crippen LogP contribution is 2.38. The number of aryl methyl sites for hydroxylation is 1. The third kappa shape index (κ3) is 1.78. The minimum Gasteiger partial charge on any atom is -0.454 e. The first-order chi connectivity index (χ1) is 8.78. The molecule has 0 amide bonds. The molecule has 3 heteroatoms. The standard InChI is InChI=1S/C15H15NO2/c1-10-6-14-15(18-9-17-14)8-13(10)11-4-3-5-12(7-11)16-2/h3-8,16H,9H2,1-2H3. The van der Waals surface area contributed by atoms with Crippen LogP contribution in [0.2, 0.25) is 0 Å². The summed E-state index contributed by atoms with van der Waals surface area (Å²) in [6, 6.07) is 12.4. The minimum atomic E-state index is 0.314. The fraction of sp³-hybridized carbons (Fsp3) is 0.200. The maximum absolute atomic E-state index is 5.43. The van der Waals surface area contributed by atoms with Crippen molar-refractivity contribution in [1.82, 2.24) is 0 Å². The van der Waals surface area contributed by atoms with E-state index in [0.29, 0.717) is 6.79 Å². The largest absolute Gasteiger partial charge is 0.454 e. The molecule has 0 saturated carbocycles. The molecule has 0 aromatic heterocycles. The maximum atomic E-state index is 5.43. The van der Waals surface area contributed by atoms with Crippen LogP contribution in [0, 0.1) is 6.92 Å². The van der Waals surface area contributed by atoms with Crippen LogP contribution in [-0.4, -0.2) is 13.8 Å². The average Bonchev–Trinajstić information content (AvgIpc) is 2.85. The summed E-state index contributed by atoms with van der Waals surface area (Å²) in [5.74, 6) is 1.66. The molecule has 0 aliphatic carbocycles. The summed E-state index contributed by atoms with van der Waals surface area (Å²) in [5.41, 5.74) is 4.64. The lowest BCUT2D eigenvalue weighted by Gasteiger charge is -2.09. The van der Waals surface area contributed by atoms with E-state index in [1.54, 1.807) is 0 Å². The summed E-state index contributed by atoms with van der Waals surface area (Å²) < 4.78 is 10.8. The number of hydrogen-bond donors (Lipinski definition) is 1. The number of anilines is 1. The lowest BCUT2D eigenvalue weighted by Crippen LogP contribution is -1.92. The highest BCUT2D eigenvalue weighted by molar-refractivity contribution is 5.74. The molecular formula is C15H15NO2. The van der Waals surface area contributed by atoms with E-state index in [4.69, 9.17) is 9.47 Å². The molecule has 2 aromatic carbocycles. The van der Waals surface area contributed by atoms with Crippen molar-refractivity contribution in [1.29, 1.82) is 0 Å². The van der Waals surface area contributed by atoms with Gasteiger partial charge in [0.05, 0.1) is 0 Å². The molecule has 0 bridgehead atoms. The molecule has 3 nitrogen and oxygen atoms in total. The first-order valence-electron chi connectivity index (χ1n) is 5.96. The van der Waals surface area contributed by atoms with Crippen LogP contribution in [0.4, 0.5) is 5.69 Å². The van der Waals surface area contributed by atoms with E-state index in [9.17, 15) is 0 Å². The normalized spacial score (nSPS) is 12.6. The van der Waals surface area contributed by atoms with Crippen LogP contribution in [-0.2, 0) is 0 Å². The van der Waals surface area contributed by atoms with Crippen LogP contribution < -0.4 is 14.8 Å². The summed E-state index contributed by atoms with van der Waals surface area (Å²) in [5, 5.41) is 3.15. The van der Waals surface area contributed by atoms with Crippen molar-refractivity contribution < 1.29 is 9.47 Å². The lowest BCUT2D eigenvalue weighted by atomic mass is 9.99. The second kappa shape index (κ2) is 4.26. The topological polar surface area (TPSA) is 30.5 Å². The Bertz CT molecular complexity index is 593. The molecule has 92 valence electrons. The smallest absolute Gasteiger partial charge is 0.231 e. The fourth-order valence-corrected chi connectivity index (χ4v) is 2.20. The Morgan fingerprint density at radius 1 is 1.06 bits per heavy atom. The van der Waals surface area contributed by atoms with Crippen LogP contribution in [0.1, 0.15) is 5.56 Å². The summed E-state index contributed by atoms with van der Waals surface area (Å²) in [4.78, 5) is 0. The van der Waals surface area contributed by atoms with Gasteiger partial charge in [0.1, 0.15) is 0 Å². The van der Waals surface area contributed by atoms with Gasteiger partial charge in [0.15, 0.2) is 11.5 Å². The van der Waals surface area contributed by atoms with Crippen LogP contribution >= 0.6 is 0 Å². The van der Waals surface area contributed by atoms with Crippen LogP contribution in [0.25, 0.3) is 11.1 Å². The minimum absolute atomic E-state index is 0.314. The second-order valence-corrected chi connectivity index (χ2v) is 4.35. The zero-order valence-corrected chi connectivity index (χ0v) is 10.5. The molecule has 2 aromatic rings. The number of rotatable bonds is 2. The highest BCUT2D eigenvalue weighted by atomic mass is 16.7. The van der Waals surface area contributed by atoms with Gasteiger partial charge in [-0.3, -0.25) is 0 Å². The third-order valence-electron chi connectivity index (χ3n) is 3.18. The zero-order chi connectivity index (χ0) is 12.5. The molecule has 0 saturated heterocycles. The van der Waals surface area contributed by atoms with E-state index in [1.165, 1.54) is 16.7 Å². The molecule has 0 unspecified atom stereocenters. The van der Waals surface area contributed by atoms with Gasteiger partial charge in [0, 0.05) is 12.7 Å². The molecular weight excluding hydrogens is 226 g/mol. The van der Waals surface area contributed by atoms with E-state index < -0.39 is 0 Å². The lowest BCUT2D eigenvalue weighted by molar-refractivity contribution is 0.174. The van der Waals surface area contributed by atoms with Gasteiger partial charge in [0.25, 0.3) is 0 Å². The van der Waals surface area contributed by atoms with Crippen LogP contribution in [0.15, 0.2) is 36.4 Å². The SMILES string of the molecule is CNc1cccc(-c2cc3c(cc2C)OCO3)c1. The molecule has 1 heterocycles. The maximum Gasteiger partial charge on any atom is 0.231 e. The predicted octanol–water partition coefficient (Wildman–Crippen LogP) is 3.43. The Hall–Kier alpha value is -2.16. The van der Waals surface area contributed by atoms with E-state index >= 15 is 0 Å². The molecule has 1 aliphatic rings. The van der Waals surface area contributed by atoms with Crippen LogP contribution in [0.3, 0.4) is 0 Å². The Morgan fingerprint density at radius 3 is 2.61 bits per heavy atom. The van der Waals surface area contributed by atoms with Crippen molar-refractivity contribution in [2.75, 3.05) is 19.2 Å². The summed E-state index contributed by atoms with van der Waals surface area (Å²) in [6.07, 6.45) is 0. The molecule has 18 heavy (non-hydrogen) atoms. The van der Waals surface area contributed by atoms with Crippen molar-refractivity contribution in [2.45, 2.75) is 6.92 Å². The van der Waals surface area contributed by atoms with Gasteiger partial charge in [-0.25, -0.2) is 0 Å². The molecule has 3 rings (SSSR count). The molecule has 0 atom stereocenters. The number of nitrogens with one attached hydrogen (secondary N) is 1. The van der Waals surface area contributed by atoms with E-state index in [1.807, 2.05) is 31.3 Å². The predicted molar refractivity (Wildman–Crippen MR) is 72.3 cm³/mol. The summed E-state index contributed by atoms with van der Waals surface area (Å²) in [6.45, 7) is 2.40.